The molecular formula is C24H24BrF3N4. The van der Waals surface area contributed by atoms with E-state index < -0.39 is 11.7 Å². The maximum absolute atomic E-state index is 12.0. The van der Waals surface area contributed by atoms with Gasteiger partial charge in [-0.15, -0.1) is 0 Å². The standard InChI is InChI=1S/C6H3BrF3N.3C6H7N/c7-5-3-11-2-1-4(5)6(8,9)10;3*7-6-4-2-1-3-5-6/h1-3H;3*1-5H,7H2. The average molecular weight is 505 g/mol. The zero-order valence-electron chi connectivity index (χ0n) is 17.1. The summed E-state index contributed by atoms with van der Waals surface area (Å²) in [6.45, 7) is 0. The molecule has 32 heavy (non-hydrogen) atoms. The Morgan fingerprint density at radius 2 is 0.938 bits per heavy atom. The first-order chi connectivity index (χ1) is 15.2. The smallest absolute Gasteiger partial charge is 0.399 e. The van der Waals surface area contributed by atoms with E-state index in [1.807, 2.05) is 91.0 Å². The van der Waals surface area contributed by atoms with Crippen molar-refractivity contribution in [3.63, 3.8) is 0 Å². The Labute approximate surface area is 194 Å². The number of benzene rings is 3. The maximum Gasteiger partial charge on any atom is 0.417 e. The minimum absolute atomic E-state index is 0.0347. The molecule has 0 spiro atoms. The largest absolute Gasteiger partial charge is 0.417 e. The van der Waals surface area contributed by atoms with Gasteiger partial charge in [0.25, 0.3) is 0 Å². The molecule has 0 radical (unpaired) electrons. The van der Waals surface area contributed by atoms with Gasteiger partial charge in [0, 0.05) is 33.9 Å². The summed E-state index contributed by atoms with van der Waals surface area (Å²) in [6.07, 6.45) is -2.09. The predicted molar refractivity (Wildman–Crippen MR) is 130 cm³/mol. The van der Waals surface area contributed by atoms with Crippen molar-refractivity contribution in [1.82, 2.24) is 4.98 Å². The molecule has 6 N–H and O–H groups in total. The highest BCUT2D eigenvalue weighted by Gasteiger charge is 2.32. The molecule has 4 nitrogen and oxygen atoms in total. The van der Waals surface area contributed by atoms with E-state index in [4.69, 9.17) is 17.2 Å². The number of anilines is 3. The fourth-order valence-electron chi connectivity index (χ4n) is 1.96. The van der Waals surface area contributed by atoms with Crippen LogP contribution in [-0.2, 0) is 6.18 Å². The molecule has 0 aliphatic rings. The number of nitrogens with two attached hydrogens (primary N) is 3. The van der Waals surface area contributed by atoms with Crippen molar-refractivity contribution in [3.05, 3.63) is 119 Å². The van der Waals surface area contributed by atoms with Gasteiger partial charge in [-0.2, -0.15) is 13.2 Å². The van der Waals surface area contributed by atoms with Crippen LogP contribution < -0.4 is 17.2 Å². The number of rotatable bonds is 0. The number of pyridine rings is 1. The zero-order chi connectivity index (χ0) is 23.8. The van der Waals surface area contributed by atoms with Gasteiger partial charge < -0.3 is 17.2 Å². The summed E-state index contributed by atoms with van der Waals surface area (Å²) in [7, 11) is 0. The Kier molecular flexibility index (Phi) is 12.0. The summed E-state index contributed by atoms with van der Waals surface area (Å²) in [5, 5.41) is 0. The monoisotopic (exact) mass is 504 g/mol. The molecular weight excluding hydrogens is 481 g/mol. The highest BCUT2D eigenvalue weighted by molar-refractivity contribution is 9.10. The first-order valence-corrected chi connectivity index (χ1v) is 10.1. The lowest BCUT2D eigenvalue weighted by Crippen LogP contribution is -2.05. The quantitative estimate of drug-likeness (QED) is 0.233. The number of aromatic nitrogens is 1. The third-order valence-electron chi connectivity index (χ3n) is 3.48. The first kappa shape index (κ1) is 26.5. The van der Waals surface area contributed by atoms with E-state index in [-0.39, 0.29) is 4.47 Å². The van der Waals surface area contributed by atoms with Gasteiger partial charge in [-0.05, 0) is 58.4 Å². The molecule has 0 saturated carbocycles. The third-order valence-corrected chi connectivity index (χ3v) is 4.11. The summed E-state index contributed by atoms with van der Waals surface area (Å²) >= 11 is 2.75. The van der Waals surface area contributed by atoms with Crippen LogP contribution in [0, 0.1) is 0 Å². The summed E-state index contributed by atoms with van der Waals surface area (Å²) < 4.78 is 35.9. The van der Waals surface area contributed by atoms with Gasteiger partial charge in [0.15, 0.2) is 0 Å². The Morgan fingerprint density at radius 1 is 0.594 bits per heavy atom. The van der Waals surface area contributed by atoms with Crippen LogP contribution >= 0.6 is 15.9 Å². The molecule has 4 rings (SSSR count). The lowest BCUT2D eigenvalue weighted by atomic mass is 10.3. The number of para-hydroxylation sites is 3. The van der Waals surface area contributed by atoms with Crippen molar-refractivity contribution in [2.24, 2.45) is 0 Å². The topological polar surface area (TPSA) is 90.9 Å². The molecule has 1 aromatic heterocycles. The van der Waals surface area contributed by atoms with Gasteiger partial charge in [-0.1, -0.05) is 54.6 Å². The van der Waals surface area contributed by atoms with Crippen LogP contribution in [0.2, 0.25) is 0 Å². The Bertz CT molecular complexity index is 910. The summed E-state index contributed by atoms with van der Waals surface area (Å²) in [4.78, 5) is 3.51. The summed E-state index contributed by atoms with van der Waals surface area (Å²) in [5.74, 6) is 0. The molecule has 0 unspecified atom stereocenters. The normalized spacial score (nSPS) is 9.62. The Hall–Kier alpha value is -3.52. The predicted octanol–water partition coefficient (Wildman–Crippen LogP) is 6.67. The lowest BCUT2D eigenvalue weighted by Gasteiger charge is -2.06. The second-order valence-electron chi connectivity index (χ2n) is 6.09. The van der Waals surface area contributed by atoms with Gasteiger partial charge in [0.05, 0.1) is 5.56 Å². The molecule has 0 bridgehead atoms. The maximum atomic E-state index is 12.0. The van der Waals surface area contributed by atoms with Gasteiger partial charge >= 0.3 is 6.18 Å². The lowest BCUT2D eigenvalue weighted by molar-refractivity contribution is -0.138. The van der Waals surface area contributed by atoms with Gasteiger partial charge in [-0.25, -0.2) is 0 Å². The third kappa shape index (κ3) is 12.2. The zero-order valence-corrected chi connectivity index (χ0v) is 18.7. The molecule has 4 aromatic rings. The first-order valence-electron chi connectivity index (χ1n) is 9.28. The number of hydrogen-bond donors (Lipinski definition) is 3. The van der Waals surface area contributed by atoms with Crippen molar-refractivity contribution in [2.75, 3.05) is 17.2 Å². The molecule has 168 valence electrons. The van der Waals surface area contributed by atoms with Crippen LogP contribution in [0.1, 0.15) is 5.56 Å². The van der Waals surface area contributed by atoms with Gasteiger partial charge in [-0.3, -0.25) is 4.98 Å². The molecule has 1 heterocycles. The number of halogens is 4. The molecule has 8 heteroatoms. The highest BCUT2D eigenvalue weighted by Crippen LogP contribution is 2.33. The van der Waals surface area contributed by atoms with Crippen molar-refractivity contribution < 1.29 is 13.2 Å². The number of nitrogens with zero attached hydrogens (tertiary/aromatic N) is 1. The summed E-state index contributed by atoms with van der Waals surface area (Å²) in [5.41, 5.74) is 17.8. The number of nitrogen functional groups attached to an aromatic ring is 3. The SMILES string of the molecule is FC(F)(F)c1ccncc1Br.Nc1ccccc1.Nc1ccccc1.Nc1ccccc1. The van der Waals surface area contributed by atoms with Crippen LogP contribution in [0.25, 0.3) is 0 Å². The van der Waals surface area contributed by atoms with E-state index >= 15 is 0 Å². The van der Waals surface area contributed by atoms with E-state index in [2.05, 4.69) is 20.9 Å². The van der Waals surface area contributed by atoms with Gasteiger partial charge in [0.1, 0.15) is 0 Å². The Morgan fingerprint density at radius 3 is 1.12 bits per heavy atom. The molecule has 0 saturated heterocycles. The second kappa shape index (κ2) is 14.5. The van der Waals surface area contributed by atoms with Crippen LogP contribution in [0.4, 0.5) is 30.2 Å². The van der Waals surface area contributed by atoms with Crippen LogP contribution in [0.15, 0.2) is 114 Å². The molecule has 3 aromatic carbocycles. The Balaban J connectivity index is 0.000000218. The van der Waals surface area contributed by atoms with Crippen molar-refractivity contribution >= 4 is 33.0 Å². The molecule has 0 fully saturated rings. The van der Waals surface area contributed by atoms with Crippen LogP contribution in [0.5, 0.6) is 0 Å². The number of alkyl halides is 3. The van der Waals surface area contributed by atoms with E-state index in [0.29, 0.717) is 0 Å². The van der Waals surface area contributed by atoms with Crippen LogP contribution in [0.3, 0.4) is 0 Å². The van der Waals surface area contributed by atoms with E-state index in [9.17, 15) is 13.2 Å². The fraction of sp³-hybridized carbons (Fsp3) is 0.0417. The fourth-order valence-corrected chi connectivity index (χ4v) is 2.44. The molecule has 0 aliphatic carbocycles. The van der Waals surface area contributed by atoms with Crippen LogP contribution in [-0.4, -0.2) is 4.98 Å². The van der Waals surface area contributed by atoms with Crippen molar-refractivity contribution in [3.8, 4) is 0 Å². The molecule has 0 atom stereocenters. The second-order valence-corrected chi connectivity index (χ2v) is 6.94. The molecule has 0 aliphatic heterocycles. The highest BCUT2D eigenvalue weighted by atomic mass is 79.9. The minimum Gasteiger partial charge on any atom is -0.399 e. The minimum atomic E-state index is -4.30. The van der Waals surface area contributed by atoms with Gasteiger partial charge in [0.2, 0.25) is 0 Å². The molecule has 0 amide bonds. The van der Waals surface area contributed by atoms with E-state index in [1.54, 1.807) is 0 Å². The van der Waals surface area contributed by atoms with Crippen molar-refractivity contribution in [1.29, 1.82) is 0 Å². The number of hydrogen-bond acceptors (Lipinski definition) is 4. The van der Waals surface area contributed by atoms with E-state index in [1.165, 1.54) is 0 Å². The average Bonchev–Trinajstić information content (AvgIpc) is 2.76. The summed E-state index contributed by atoms with van der Waals surface area (Å²) in [6, 6.07) is 29.4. The van der Waals surface area contributed by atoms with Crippen molar-refractivity contribution in [2.45, 2.75) is 6.18 Å². The van der Waals surface area contributed by atoms with E-state index in [0.717, 1.165) is 35.5 Å².